The average Bonchev–Trinajstić information content (AvgIpc) is 2.71. The van der Waals surface area contributed by atoms with E-state index < -0.39 is 0 Å². The molecule has 5 heteroatoms. The summed E-state index contributed by atoms with van der Waals surface area (Å²) in [5, 5.41) is 24.2. The molecule has 0 atom stereocenters. The molecular formula is C16H36GeO3Zr-. The summed E-state index contributed by atoms with van der Waals surface area (Å²) in [6, 6.07) is 0. The molecule has 0 aromatic carbocycles. The molecule has 127 valence electrons. The monoisotopic (exact) mass is 440 g/mol. The smallest absolute Gasteiger partial charge is 0 e. The van der Waals surface area contributed by atoms with Gasteiger partial charge in [-0.3, -0.25) is 6.08 Å². The third kappa shape index (κ3) is 219. The van der Waals surface area contributed by atoms with Crippen molar-refractivity contribution in [1.29, 1.82) is 0 Å². The van der Waals surface area contributed by atoms with E-state index in [0.717, 1.165) is 6.42 Å². The Morgan fingerprint density at radius 1 is 0.857 bits per heavy atom. The molecule has 1 aliphatic rings. The minimum atomic E-state index is -0.167. The molecule has 0 aromatic heterocycles. The predicted molar refractivity (Wildman–Crippen MR) is 92.5 cm³/mol. The van der Waals surface area contributed by atoms with Crippen molar-refractivity contribution >= 4 is 15.4 Å². The van der Waals surface area contributed by atoms with E-state index in [-0.39, 0.29) is 44.5 Å². The Morgan fingerprint density at radius 3 is 1.14 bits per heavy atom. The van der Waals surface area contributed by atoms with Gasteiger partial charge in [0.05, 0.1) is 0 Å². The van der Waals surface area contributed by atoms with Crippen LogP contribution in [0.15, 0.2) is 18.2 Å². The minimum absolute atomic E-state index is 0. The molecule has 0 aliphatic heterocycles. The van der Waals surface area contributed by atoms with Crippen LogP contribution in [0.1, 0.15) is 48.0 Å². The summed E-state index contributed by atoms with van der Waals surface area (Å²) >= 11 is 0.312. The van der Waals surface area contributed by atoms with E-state index in [0.29, 0.717) is 15.4 Å². The molecular weight excluding hydrogens is 404 g/mol. The second-order valence-corrected chi connectivity index (χ2v) is 7.28. The molecule has 0 spiro atoms. The van der Waals surface area contributed by atoms with Gasteiger partial charge in [0.25, 0.3) is 0 Å². The number of aliphatic hydroxyl groups excluding tert-OH is 3. The summed E-state index contributed by atoms with van der Waals surface area (Å²) in [5.41, 5.74) is 0. The number of allylic oxidation sites excluding steroid dienone is 4. The maximum absolute atomic E-state index is 8.06. The number of hydrogen-bond acceptors (Lipinski definition) is 3. The SMILES string of the molecule is CC(C)O.CC(C)O.CC(C)O.[C-]1=CC=CC1.[CH3][GeH][CH3].[Zr]. The molecule has 0 bridgehead atoms. The molecule has 0 saturated carbocycles. The maximum Gasteiger partial charge on any atom is 0 e. The standard InChI is InChI=1S/C5H5.3C3H8O.C2H7Ge.Zr/c1-2-4-5-3-1;3*1-3(2)4;1-3-2;/h1-3H,4H2;3*3-4H,1-2H3;3H,1-2H3;/q-1;;;;;. The second kappa shape index (κ2) is 32.7. The average molecular weight is 440 g/mol. The third-order valence-electron chi connectivity index (χ3n) is 0.586. The van der Waals surface area contributed by atoms with Gasteiger partial charge in [0.2, 0.25) is 0 Å². The van der Waals surface area contributed by atoms with Crippen LogP contribution < -0.4 is 0 Å². The van der Waals surface area contributed by atoms with Crippen molar-refractivity contribution in [2.75, 3.05) is 0 Å². The van der Waals surface area contributed by atoms with E-state index >= 15 is 0 Å². The number of rotatable bonds is 0. The van der Waals surface area contributed by atoms with E-state index in [9.17, 15) is 0 Å². The Balaban J connectivity index is -0.0000000508. The summed E-state index contributed by atoms with van der Waals surface area (Å²) in [4.78, 5) is 0. The quantitative estimate of drug-likeness (QED) is 0.401. The summed E-state index contributed by atoms with van der Waals surface area (Å²) < 4.78 is 0. The van der Waals surface area contributed by atoms with Gasteiger partial charge in [-0.2, -0.15) is 6.08 Å². The minimum Gasteiger partial charge on any atom is 0 e. The normalized spacial score (nSPS) is 10.2. The van der Waals surface area contributed by atoms with Crippen LogP contribution >= 0.6 is 0 Å². The first-order valence-corrected chi connectivity index (χ1v) is 12.0. The van der Waals surface area contributed by atoms with Crippen LogP contribution in [-0.2, 0) is 26.2 Å². The second-order valence-electron chi connectivity index (χ2n) is 4.86. The van der Waals surface area contributed by atoms with Crippen LogP contribution in [-0.4, -0.2) is 49.1 Å². The van der Waals surface area contributed by atoms with Crippen LogP contribution in [0, 0.1) is 6.08 Å². The van der Waals surface area contributed by atoms with Crippen LogP contribution in [0.2, 0.25) is 11.5 Å². The Morgan fingerprint density at radius 2 is 1.10 bits per heavy atom. The van der Waals surface area contributed by atoms with Crippen molar-refractivity contribution in [1.82, 2.24) is 0 Å². The van der Waals surface area contributed by atoms with Gasteiger partial charge in [-0.1, -0.05) is 0 Å². The van der Waals surface area contributed by atoms with Crippen LogP contribution in [0.5, 0.6) is 0 Å². The van der Waals surface area contributed by atoms with Crippen molar-refractivity contribution < 1.29 is 41.5 Å². The molecule has 21 heavy (non-hydrogen) atoms. The fraction of sp³-hybridized carbons (Fsp3) is 0.750. The fourth-order valence-corrected chi connectivity index (χ4v) is 0.340. The Hall–Kier alpha value is 0.786. The van der Waals surface area contributed by atoms with Crippen LogP contribution in [0.25, 0.3) is 0 Å². The Bertz CT molecular complexity index is 161. The van der Waals surface area contributed by atoms with Gasteiger partial charge in [0.15, 0.2) is 0 Å². The molecule has 0 saturated heterocycles. The zero-order valence-electron chi connectivity index (χ0n) is 15.1. The van der Waals surface area contributed by atoms with E-state index in [2.05, 4.69) is 23.7 Å². The Kier molecular flexibility index (Phi) is 51.9. The zero-order valence-corrected chi connectivity index (χ0v) is 20.0. The van der Waals surface area contributed by atoms with Gasteiger partial charge < -0.3 is 15.3 Å². The largest absolute Gasteiger partial charge is 0 e. The molecule has 1 rings (SSSR count). The first kappa shape index (κ1) is 33.4. The van der Waals surface area contributed by atoms with Gasteiger partial charge in [-0.25, -0.2) is 12.2 Å². The van der Waals surface area contributed by atoms with Crippen LogP contribution in [0.3, 0.4) is 0 Å². The van der Waals surface area contributed by atoms with Crippen molar-refractivity contribution in [2.24, 2.45) is 0 Å². The van der Waals surface area contributed by atoms with Crippen molar-refractivity contribution in [3.8, 4) is 0 Å². The molecule has 0 unspecified atom stereocenters. The van der Waals surface area contributed by atoms with Gasteiger partial charge in [0.1, 0.15) is 0 Å². The van der Waals surface area contributed by atoms with Gasteiger partial charge in [-0.05, 0) is 41.5 Å². The van der Waals surface area contributed by atoms with Crippen LogP contribution in [0.4, 0.5) is 0 Å². The van der Waals surface area contributed by atoms with E-state index in [1.54, 1.807) is 41.5 Å². The fourth-order valence-electron chi connectivity index (χ4n) is 0.340. The molecule has 3 nitrogen and oxygen atoms in total. The molecule has 1 radical (unpaired) electrons. The van der Waals surface area contributed by atoms with Crippen molar-refractivity contribution in [3.05, 3.63) is 24.3 Å². The first-order valence-electron chi connectivity index (χ1n) is 7.11. The molecule has 0 fully saturated rings. The molecule has 1 aliphatic carbocycles. The molecule has 0 amide bonds. The molecule has 3 N–H and O–H groups in total. The number of aliphatic hydroxyl groups is 3. The topological polar surface area (TPSA) is 60.7 Å². The van der Waals surface area contributed by atoms with E-state index in [1.807, 2.05) is 12.2 Å². The van der Waals surface area contributed by atoms with Gasteiger partial charge >= 0.3 is 26.9 Å². The van der Waals surface area contributed by atoms with Gasteiger partial charge in [0, 0.05) is 44.5 Å². The molecule has 0 aromatic rings. The predicted octanol–water partition coefficient (Wildman–Crippen LogP) is 2.98. The summed E-state index contributed by atoms with van der Waals surface area (Å²) in [6.45, 7) is 10.3. The Labute approximate surface area is 158 Å². The van der Waals surface area contributed by atoms with Crippen molar-refractivity contribution in [3.63, 3.8) is 0 Å². The molecule has 0 heterocycles. The summed E-state index contributed by atoms with van der Waals surface area (Å²) in [6.07, 6.45) is 9.50. The first-order chi connectivity index (χ1) is 9.11. The van der Waals surface area contributed by atoms with Gasteiger partial charge in [-0.15, -0.1) is 6.42 Å². The number of hydrogen-bond donors (Lipinski definition) is 3. The third-order valence-corrected chi connectivity index (χ3v) is 0.586. The summed E-state index contributed by atoms with van der Waals surface area (Å²) in [5.74, 6) is 4.56. The summed E-state index contributed by atoms with van der Waals surface area (Å²) in [7, 11) is 0. The zero-order chi connectivity index (χ0) is 17.0. The van der Waals surface area contributed by atoms with Crippen molar-refractivity contribution in [2.45, 2.75) is 77.8 Å². The van der Waals surface area contributed by atoms with E-state index in [1.165, 1.54) is 0 Å². The maximum atomic E-state index is 8.06. The van der Waals surface area contributed by atoms with E-state index in [4.69, 9.17) is 15.3 Å².